The van der Waals surface area contributed by atoms with Crippen molar-refractivity contribution in [3.63, 3.8) is 0 Å². The van der Waals surface area contributed by atoms with E-state index in [4.69, 9.17) is 4.74 Å². The van der Waals surface area contributed by atoms with Gasteiger partial charge in [0, 0.05) is 17.3 Å². The molecule has 0 bridgehead atoms. The van der Waals surface area contributed by atoms with Crippen LogP contribution in [-0.4, -0.2) is 47.8 Å². The van der Waals surface area contributed by atoms with E-state index < -0.39 is 35.3 Å². The van der Waals surface area contributed by atoms with Gasteiger partial charge in [-0.15, -0.1) is 0 Å². The summed E-state index contributed by atoms with van der Waals surface area (Å²) in [4.78, 5) is 55.9. The molecule has 1 N–H and O–H groups in total. The molecular formula is C25H25N3O5. The first-order valence-corrected chi connectivity index (χ1v) is 11.1. The summed E-state index contributed by atoms with van der Waals surface area (Å²) in [6.45, 7) is 3.64. The van der Waals surface area contributed by atoms with Gasteiger partial charge in [0.05, 0.1) is 25.0 Å². The van der Waals surface area contributed by atoms with E-state index in [1.807, 2.05) is 37.3 Å². The number of para-hydroxylation sites is 1. The third-order valence-corrected chi connectivity index (χ3v) is 6.88. The number of fused-ring (bicyclic) bond motifs is 4. The smallest absolute Gasteiger partial charge is 0.326 e. The van der Waals surface area contributed by atoms with Gasteiger partial charge in [-0.3, -0.25) is 34.3 Å². The Bertz CT molecular complexity index is 1150. The molecule has 0 saturated carbocycles. The lowest BCUT2D eigenvalue weighted by Gasteiger charge is -2.30. The van der Waals surface area contributed by atoms with Crippen molar-refractivity contribution in [2.75, 3.05) is 18.1 Å². The van der Waals surface area contributed by atoms with Gasteiger partial charge in [0.1, 0.15) is 12.1 Å². The number of amides is 3. The van der Waals surface area contributed by atoms with Gasteiger partial charge in [0.2, 0.25) is 11.8 Å². The Morgan fingerprint density at radius 2 is 1.70 bits per heavy atom. The van der Waals surface area contributed by atoms with Gasteiger partial charge in [-0.05, 0) is 25.5 Å². The Morgan fingerprint density at radius 1 is 1.00 bits per heavy atom. The Morgan fingerprint density at radius 3 is 2.42 bits per heavy atom. The maximum absolute atomic E-state index is 13.9. The third-order valence-electron chi connectivity index (χ3n) is 6.88. The van der Waals surface area contributed by atoms with Crippen LogP contribution in [0.1, 0.15) is 25.0 Å². The molecule has 4 atom stereocenters. The summed E-state index contributed by atoms with van der Waals surface area (Å²) in [5, 5.41) is 3.31. The number of imide groups is 1. The van der Waals surface area contributed by atoms with Crippen molar-refractivity contribution in [2.24, 2.45) is 11.8 Å². The van der Waals surface area contributed by atoms with E-state index in [1.54, 1.807) is 31.2 Å². The predicted octanol–water partition coefficient (Wildman–Crippen LogP) is 1.58. The number of carbonyl (C=O) groups excluding carboxylic acids is 4. The standard InChI is InChI=1S/C25H25N3O5/c1-3-33-19(29)14-27-18-12-8-7-11-17(18)25(24(27)32)21-20(15(2)26-25)22(30)28(23(21)31)13-16-9-5-4-6-10-16/h4-12,15,20-21,26H,3,13-14H2,1-2H3. The molecule has 3 aliphatic heterocycles. The van der Waals surface area contributed by atoms with Gasteiger partial charge in [0.25, 0.3) is 5.91 Å². The van der Waals surface area contributed by atoms with E-state index in [2.05, 4.69) is 5.32 Å². The highest BCUT2D eigenvalue weighted by Gasteiger charge is 2.70. The van der Waals surface area contributed by atoms with Crippen molar-refractivity contribution in [3.05, 3.63) is 65.7 Å². The van der Waals surface area contributed by atoms with E-state index in [9.17, 15) is 19.2 Å². The van der Waals surface area contributed by atoms with Crippen LogP contribution >= 0.6 is 0 Å². The number of nitrogens with one attached hydrogen (secondary N) is 1. The predicted molar refractivity (Wildman–Crippen MR) is 119 cm³/mol. The summed E-state index contributed by atoms with van der Waals surface area (Å²) in [6.07, 6.45) is 0. The number of ether oxygens (including phenoxy) is 1. The zero-order chi connectivity index (χ0) is 23.3. The summed E-state index contributed by atoms with van der Waals surface area (Å²) < 4.78 is 5.07. The minimum Gasteiger partial charge on any atom is -0.465 e. The molecule has 170 valence electrons. The minimum atomic E-state index is -1.40. The van der Waals surface area contributed by atoms with Gasteiger partial charge in [-0.1, -0.05) is 48.5 Å². The molecule has 33 heavy (non-hydrogen) atoms. The van der Waals surface area contributed by atoms with E-state index in [1.165, 1.54) is 9.80 Å². The molecule has 5 rings (SSSR count). The zero-order valence-corrected chi connectivity index (χ0v) is 18.5. The summed E-state index contributed by atoms with van der Waals surface area (Å²) in [5.74, 6) is -3.13. The van der Waals surface area contributed by atoms with Gasteiger partial charge < -0.3 is 4.74 Å². The molecule has 1 spiro atoms. The molecule has 4 unspecified atom stereocenters. The van der Waals surface area contributed by atoms with Crippen molar-refractivity contribution >= 4 is 29.4 Å². The lowest BCUT2D eigenvalue weighted by Crippen LogP contribution is -2.55. The van der Waals surface area contributed by atoms with E-state index in [0.717, 1.165) is 5.56 Å². The Hall–Kier alpha value is -3.52. The normalized spacial score (nSPS) is 27.9. The maximum Gasteiger partial charge on any atom is 0.326 e. The Balaban J connectivity index is 1.56. The second kappa shape index (κ2) is 7.81. The van der Waals surface area contributed by atoms with Crippen LogP contribution in [0.2, 0.25) is 0 Å². The lowest BCUT2D eigenvalue weighted by atomic mass is 9.76. The van der Waals surface area contributed by atoms with Crippen LogP contribution in [0.25, 0.3) is 0 Å². The van der Waals surface area contributed by atoms with Crippen molar-refractivity contribution in [3.8, 4) is 0 Å². The molecule has 8 nitrogen and oxygen atoms in total. The fraction of sp³-hybridized carbons (Fsp3) is 0.360. The highest BCUT2D eigenvalue weighted by atomic mass is 16.5. The quantitative estimate of drug-likeness (QED) is 0.552. The van der Waals surface area contributed by atoms with E-state index >= 15 is 0 Å². The molecule has 3 heterocycles. The number of carbonyl (C=O) groups is 4. The molecule has 2 saturated heterocycles. The molecule has 2 fully saturated rings. The van der Waals surface area contributed by atoms with Crippen LogP contribution in [0, 0.1) is 11.8 Å². The molecule has 3 aliphatic rings. The molecule has 2 aromatic carbocycles. The molecule has 0 radical (unpaired) electrons. The minimum absolute atomic E-state index is 0.163. The van der Waals surface area contributed by atoms with Gasteiger partial charge in [0.15, 0.2) is 0 Å². The van der Waals surface area contributed by atoms with E-state index in [0.29, 0.717) is 11.3 Å². The number of hydrogen-bond donors (Lipinski definition) is 1. The van der Waals surface area contributed by atoms with Crippen molar-refractivity contribution < 1.29 is 23.9 Å². The maximum atomic E-state index is 13.9. The second-order valence-corrected chi connectivity index (χ2v) is 8.71. The van der Waals surface area contributed by atoms with Crippen molar-refractivity contribution in [2.45, 2.75) is 32.0 Å². The number of rotatable bonds is 5. The lowest BCUT2D eigenvalue weighted by molar-refractivity contribution is -0.144. The van der Waals surface area contributed by atoms with E-state index in [-0.39, 0.29) is 31.5 Å². The Kier molecular flexibility index (Phi) is 5.05. The van der Waals surface area contributed by atoms with Crippen molar-refractivity contribution in [1.82, 2.24) is 10.2 Å². The van der Waals surface area contributed by atoms with Gasteiger partial charge >= 0.3 is 5.97 Å². The number of benzene rings is 2. The number of anilines is 1. The monoisotopic (exact) mass is 447 g/mol. The summed E-state index contributed by atoms with van der Waals surface area (Å²) in [6, 6.07) is 16.0. The second-order valence-electron chi connectivity index (χ2n) is 8.71. The topological polar surface area (TPSA) is 96.0 Å². The van der Waals surface area contributed by atoms with Crippen LogP contribution in [0.4, 0.5) is 5.69 Å². The zero-order valence-electron chi connectivity index (χ0n) is 18.5. The van der Waals surface area contributed by atoms with Crippen LogP contribution in [0.5, 0.6) is 0 Å². The SMILES string of the molecule is CCOC(=O)CN1C(=O)C2(NC(C)C3C(=O)N(Cc4ccccc4)C(=O)C32)c2ccccc21. The number of likely N-dealkylation sites (tertiary alicyclic amines) is 1. The van der Waals surface area contributed by atoms with Gasteiger partial charge in [-0.2, -0.15) is 0 Å². The average molecular weight is 447 g/mol. The third kappa shape index (κ3) is 3.01. The highest BCUT2D eigenvalue weighted by molar-refractivity contribution is 6.16. The number of nitrogens with zero attached hydrogens (tertiary/aromatic N) is 2. The number of esters is 1. The number of hydrogen-bond acceptors (Lipinski definition) is 6. The van der Waals surface area contributed by atoms with Crippen LogP contribution < -0.4 is 10.2 Å². The summed E-state index contributed by atoms with van der Waals surface area (Å²) in [7, 11) is 0. The summed E-state index contributed by atoms with van der Waals surface area (Å²) in [5.41, 5.74) is 0.612. The molecule has 0 aromatic heterocycles. The fourth-order valence-corrected chi connectivity index (χ4v) is 5.58. The molecule has 8 heteroatoms. The largest absolute Gasteiger partial charge is 0.465 e. The average Bonchev–Trinajstić information content (AvgIpc) is 3.34. The first-order chi connectivity index (χ1) is 15.9. The molecule has 3 amide bonds. The van der Waals surface area contributed by atoms with Gasteiger partial charge in [-0.25, -0.2) is 0 Å². The van der Waals surface area contributed by atoms with Crippen LogP contribution in [0.3, 0.4) is 0 Å². The molecule has 2 aromatic rings. The van der Waals surface area contributed by atoms with Crippen molar-refractivity contribution in [1.29, 1.82) is 0 Å². The molecule has 0 aliphatic carbocycles. The first kappa shape index (κ1) is 21.3. The highest BCUT2D eigenvalue weighted by Crippen LogP contribution is 2.54. The van der Waals surface area contributed by atoms with Crippen LogP contribution in [0.15, 0.2) is 54.6 Å². The first-order valence-electron chi connectivity index (χ1n) is 11.1. The Labute approximate surface area is 191 Å². The van der Waals surface area contributed by atoms with Crippen LogP contribution in [-0.2, 0) is 36.0 Å². The fourth-order valence-electron chi connectivity index (χ4n) is 5.58. The summed E-state index contributed by atoms with van der Waals surface area (Å²) >= 11 is 0. The molecular weight excluding hydrogens is 422 g/mol.